The molecular formula is C80H94N8O31. The van der Waals surface area contributed by atoms with Crippen molar-refractivity contribution in [1.82, 2.24) is 20.4 Å². The number of aliphatic hydroxyl groups excluding tert-OH is 2. The molecule has 0 spiro atoms. The van der Waals surface area contributed by atoms with Crippen LogP contribution in [0.3, 0.4) is 0 Å². The van der Waals surface area contributed by atoms with Crippen LogP contribution in [0, 0.1) is 16.0 Å². The Kier molecular flexibility index (Phi) is 35.4. The number of carbonyl (C=O) groups excluding carboxylic acids is 11. The van der Waals surface area contributed by atoms with Crippen LogP contribution < -0.4 is 50.3 Å². The second-order valence-electron chi connectivity index (χ2n) is 26.5. The first-order valence-electron chi connectivity index (χ1n) is 36.7. The zero-order valence-corrected chi connectivity index (χ0v) is 65.8. The van der Waals surface area contributed by atoms with Gasteiger partial charge in [0.1, 0.15) is 58.3 Å². The number of methoxy groups -OCH3 is 2. The second kappa shape index (κ2) is 45.6. The molecule has 3 saturated heterocycles. The lowest BCUT2D eigenvalue weighted by molar-refractivity contribution is -0.387. The van der Waals surface area contributed by atoms with Gasteiger partial charge in [0.25, 0.3) is 11.8 Å². The fourth-order valence-corrected chi connectivity index (χ4v) is 11.8. The lowest BCUT2D eigenvalue weighted by Crippen LogP contribution is -2.64. The van der Waals surface area contributed by atoms with Gasteiger partial charge in [-0.05, 0) is 67.1 Å². The Morgan fingerprint density at radius 1 is 0.546 bits per heavy atom. The van der Waals surface area contributed by atoms with Crippen LogP contribution in [0.5, 0.6) is 28.7 Å². The lowest BCUT2D eigenvalue weighted by atomic mass is 9.98. The van der Waals surface area contributed by atoms with E-state index in [1.54, 1.807) is 26.0 Å². The van der Waals surface area contributed by atoms with Crippen molar-refractivity contribution in [1.29, 1.82) is 0 Å². The Balaban J connectivity index is 1.08. The molecule has 9 atom stereocenters. The fourth-order valence-electron chi connectivity index (χ4n) is 11.8. The summed E-state index contributed by atoms with van der Waals surface area (Å²) in [5.74, 6) is -4.86. The molecule has 7 amide bonds. The summed E-state index contributed by atoms with van der Waals surface area (Å²) in [5.41, 5.74) is 0.565. The number of benzene rings is 4. The number of amides is 7. The molecule has 39 nitrogen and oxygen atoms in total. The van der Waals surface area contributed by atoms with Crippen molar-refractivity contribution >= 4 is 89.1 Å². The standard InChI is InChI=1S/C80H94N8O31/c1-13-25-108-73(95)67-65(117-78(99)110-27-15-3)66(118-79(100)111-28-16-4)68(119-80(101)112-29-17-5)74(116-67)115-59-24-21-50(34-58(59)88(102)103)44-114-76(97)84-57-38-63(61(105-12)36-55(57)72(94)87-40-47(9)33-53(87)42-90)107-31-18-30-106-62-37-56(54(35-60(62)104-11)71(93)86-39-46(8)32-52(86)41-89)83-75(96)113-43-49-19-22-51(23-20-49)82-69(91)48(10)81-70(92)64(45(6)7)85-77(98)109-26-14-2/h13-17,19-24,34-38,45,48,52-53,64-68,74,89-90H,1-5,8-9,18,25-33,39-44H2,6-7,10-12H3,(H,81,92)(H,82,91)(H,83,96)(H,84,97)(H,85,98)/t48-,52-,53-,64-,65-,66-,67-,68+,74+/m0/s1. The molecule has 0 aliphatic carbocycles. The molecule has 0 radical (unpaired) electrons. The van der Waals surface area contributed by atoms with Gasteiger partial charge in [0.15, 0.2) is 47.1 Å². The number of hydrogen-bond acceptors (Lipinski definition) is 31. The smallest absolute Gasteiger partial charge is 0.493 e. The molecule has 7 N–H and O–H groups in total. The number of nitrogens with zero attached hydrogens (tertiary/aromatic N) is 3. The van der Waals surface area contributed by atoms with Gasteiger partial charge in [0.2, 0.25) is 24.2 Å². The van der Waals surface area contributed by atoms with Crippen molar-refractivity contribution in [3.8, 4) is 28.7 Å². The van der Waals surface area contributed by atoms with Crippen LogP contribution in [0.1, 0.15) is 71.9 Å². The quantitative estimate of drug-likeness (QED) is 0.00544. The molecule has 0 saturated carbocycles. The summed E-state index contributed by atoms with van der Waals surface area (Å²) in [6.45, 7) is 26.2. The van der Waals surface area contributed by atoms with E-state index >= 15 is 0 Å². The number of likely N-dealkylation sites (tertiary alicyclic amines) is 2. The maximum atomic E-state index is 14.5. The average molecular weight is 1660 g/mol. The Bertz CT molecular complexity index is 4420. The van der Waals surface area contributed by atoms with Crippen LogP contribution >= 0.6 is 0 Å². The van der Waals surface area contributed by atoms with Gasteiger partial charge in [0.05, 0.1) is 80.2 Å². The second-order valence-corrected chi connectivity index (χ2v) is 26.5. The van der Waals surface area contributed by atoms with Crippen molar-refractivity contribution < 1.29 is 144 Å². The summed E-state index contributed by atoms with van der Waals surface area (Å²) in [7, 11) is 2.60. The lowest BCUT2D eigenvalue weighted by Gasteiger charge is -2.42. The van der Waals surface area contributed by atoms with Gasteiger partial charge >= 0.3 is 48.4 Å². The van der Waals surface area contributed by atoms with E-state index in [2.05, 4.69) is 72.6 Å². The third kappa shape index (κ3) is 26.4. The summed E-state index contributed by atoms with van der Waals surface area (Å²) < 4.78 is 88.2. The minimum atomic E-state index is -2.23. The van der Waals surface area contributed by atoms with Crippen molar-refractivity contribution in [3.63, 3.8) is 0 Å². The van der Waals surface area contributed by atoms with Crippen LogP contribution in [-0.2, 0) is 79.7 Å². The first kappa shape index (κ1) is 92.5. The monoisotopic (exact) mass is 1660 g/mol. The summed E-state index contributed by atoms with van der Waals surface area (Å²) in [4.78, 5) is 163. The van der Waals surface area contributed by atoms with Crippen molar-refractivity contribution in [2.75, 3.05) is 103 Å². The Hall–Kier alpha value is -13.7. The number of rotatable bonds is 41. The summed E-state index contributed by atoms with van der Waals surface area (Å²) in [6, 6.07) is 11.1. The van der Waals surface area contributed by atoms with Gasteiger partial charge in [-0.1, -0.05) is 120 Å². The normalized spacial score (nSPS) is 17.6. The van der Waals surface area contributed by atoms with E-state index < -0.39 is 184 Å². The predicted octanol–water partition coefficient (Wildman–Crippen LogP) is 8.82. The third-order valence-corrected chi connectivity index (χ3v) is 17.5. The molecule has 0 bridgehead atoms. The summed E-state index contributed by atoms with van der Waals surface area (Å²) >= 11 is 0. The summed E-state index contributed by atoms with van der Waals surface area (Å²) in [5, 5.41) is 46.4. The number of hydrogen-bond donors (Lipinski definition) is 7. The number of carbonyl (C=O) groups is 11. The molecule has 7 rings (SSSR count). The number of aliphatic hydroxyl groups is 2. The van der Waals surface area contributed by atoms with Crippen LogP contribution in [-0.4, -0.2) is 233 Å². The molecule has 3 heterocycles. The molecule has 640 valence electrons. The van der Waals surface area contributed by atoms with Crippen LogP contribution in [0.4, 0.5) is 51.5 Å². The highest BCUT2D eigenvalue weighted by atomic mass is 16.8. The SMILES string of the molecule is C=CCOC(=O)N[C@H](C(=O)N[C@@H](C)C(=O)Nc1ccc(COC(=O)Nc2cc(OCCCOc3cc(NC(=O)OCc4ccc(O[C@@H]5O[C@H](C(=O)OCC=C)[C@@H](OC(=O)OCC=C)[C@H](OC(=O)OCC=C)[C@H]5OC(=O)OCC=C)c([N+](=O)[O-])c4)c(C(=O)N4CC(=C)C[C@H]4CO)cc3OC)c(OC)cc2C(=O)N2CC(=C)C[C@H]2CO)cc1)C(C)C. The number of alkyl carbamates (subject to hydrolysis) is 1. The molecule has 3 fully saturated rings. The molecule has 0 unspecified atom stereocenters. The topological polar surface area (TPSA) is 486 Å². The Morgan fingerprint density at radius 2 is 1.01 bits per heavy atom. The largest absolute Gasteiger partial charge is 0.509 e. The molecule has 0 aromatic heterocycles. The maximum absolute atomic E-state index is 14.5. The van der Waals surface area contributed by atoms with Crippen molar-refractivity contribution in [2.24, 2.45) is 5.92 Å². The van der Waals surface area contributed by atoms with Crippen LogP contribution in [0.25, 0.3) is 0 Å². The maximum Gasteiger partial charge on any atom is 0.509 e. The minimum absolute atomic E-state index is 0.0123. The van der Waals surface area contributed by atoms with Crippen molar-refractivity contribution in [2.45, 2.75) is 108 Å². The zero-order valence-electron chi connectivity index (χ0n) is 65.8. The number of esters is 1. The molecule has 4 aromatic rings. The van der Waals surface area contributed by atoms with Gasteiger partial charge in [-0.3, -0.25) is 39.9 Å². The predicted molar refractivity (Wildman–Crippen MR) is 419 cm³/mol. The van der Waals surface area contributed by atoms with E-state index in [0.717, 1.165) is 36.4 Å². The van der Waals surface area contributed by atoms with E-state index in [0.29, 0.717) is 28.8 Å². The van der Waals surface area contributed by atoms with E-state index in [9.17, 15) is 73.1 Å². The number of nitrogens with one attached hydrogen (secondary N) is 5. The highest BCUT2D eigenvalue weighted by Crippen LogP contribution is 2.40. The molecule has 3 aliphatic heterocycles. The number of nitro benzene ring substituents is 1. The molecule has 4 aromatic carbocycles. The van der Waals surface area contributed by atoms with E-state index in [1.165, 1.54) is 79.5 Å². The Labute approximate surface area is 682 Å². The first-order chi connectivity index (χ1) is 57.0. The van der Waals surface area contributed by atoms with Crippen molar-refractivity contribution in [3.05, 3.63) is 187 Å². The van der Waals surface area contributed by atoms with Gasteiger partial charge in [-0.25, -0.2) is 33.6 Å². The Morgan fingerprint density at radius 3 is 1.48 bits per heavy atom. The molecule has 119 heavy (non-hydrogen) atoms. The minimum Gasteiger partial charge on any atom is -0.493 e. The third-order valence-electron chi connectivity index (χ3n) is 17.5. The molecule has 39 heteroatoms. The van der Waals surface area contributed by atoms with E-state index in [4.69, 9.17) is 75.8 Å². The van der Waals surface area contributed by atoms with Crippen LogP contribution in [0.2, 0.25) is 0 Å². The number of ether oxygens (including phenoxy) is 16. The van der Waals surface area contributed by atoms with Gasteiger partial charge in [0, 0.05) is 43.4 Å². The first-order valence-corrected chi connectivity index (χ1v) is 36.7. The molecular weight excluding hydrogens is 1570 g/mol. The van der Waals surface area contributed by atoms with Gasteiger partial charge in [-0.15, -0.1) is 0 Å². The number of anilines is 3. The average Bonchev–Trinajstić information content (AvgIpc) is 1.16. The highest BCUT2D eigenvalue weighted by Gasteiger charge is 2.58. The van der Waals surface area contributed by atoms with Crippen LogP contribution in [0.15, 0.2) is 154 Å². The fraction of sp³-hybridized carbons (Fsp3) is 0.388. The van der Waals surface area contributed by atoms with Gasteiger partial charge < -0.3 is 112 Å². The van der Waals surface area contributed by atoms with E-state index in [1.807, 2.05) is 0 Å². The number of nitro groups is 1. The summed E-state index contributed by atoms with van der Waals surface area (Å²) in [6.07, 6.45) is -11.9. The highest BCUT2D eigenvalue weighted by molar-refractivity contribution is 6.05. The zero-order chi connectivity index (χ0) is 87.0. The van der Waals surface area contributed by atoms with Gasteiger partial charge in [-0.2, -0.15) is 0 Å². The van der Waals surface area contributed by atoms with E-state index in [-0.39, 0.29) is 109 Å². The molecule has 3 aliphatic rings.